The van der Waals surface area contributed by atoms with Crippen LogP contribution in [0.3, 0.4) is 0 Å². The summed E-state index contributed by atoms with van der Waals surface area (Å²) in [4.78, 5) is 20.1. The topological polar surface area (TPSA) is 94.6 Å². The van der Waals surface area contributed by atoms with Crippen molar-refractivity contribution in [3.8, 4) is 11.4 Å². The molecule has 0 radical (unpaired) electrons. The summed E-state index contributed by atoms with van der Waals surface area (Å²) in [5, 5.41) is 16.1. The van der Waals surface area contributed by atoms with Crippen LogP contribution in [0.5, 0.6) is 5.75 Å². The Morgan fingerprint density at radius 2 is 1.81 bits per heavy atom. The number of aliphatic hydroxyl groups is 1. The SMILES string of the molecule is Cc1ccc(-n2ncc3c(=O)n(CC4(O)CCN(Cc5ccc(OC6COC6)cc5)CC4)cnc32)cc1. The van der Waals surface area contributed by atoms with E-state index in [1.54, 1.807) is 10.9 Å². The first kappa shape index (κ1) is 23.8. The molecule has 9 heteroatoms. The molecule has 0 spiro atoms. The Morgan fingerprint density at radius 1 is 1.08 bits per heavy atom. The summed E-state index contributed by atoms with van der Waals surface area (Å²) in [6.45, 7) is 5.88. The number of rotatable bonds is 7. The minimum Gasteiger partial charge on any atom is -0.486 e. The molecule has 2 aromatic heterocycles. The lowest BCUT2D eigenvalue weighted by Gasteiger charge is -2.38. The van der Waals surface area contributed by atoms with E-state index >= 15 is 0 Å². The molecule has 6 rings (SSSR count). The molecule has 2 fully saturated rings. The molecule has 0 aliphatic carbocycles. The van der Waals surface area contributed by atoms with E-state index in [-0.39, 0.29) is 18.2 Å². The van der Waals surface area contributed by atoms with E-state index in [1.165, 1.54) is 16.5 Å². The maximum absolute atomic E-state index is 13.2. The Hall–Kier alpha value is -3.53. The number of piperidine rings is 1. The van der Waals surface area contributed by atoms with E-state index in [0.717, 1.165) is 36.6 Å². The molecule has 1 N–H and O–H groups in total. The van der Waals surface area contributed by atoms with Gasteiger partial charge < -0.3 is 14.6 Å². The van der Waals surface area contributed by atoms with Crippen LogP contribution < -0.4 is 10.3 Å². The highest BCUT2D eigenvalue weighted by Gasteiger charge is 2.33. The molecule has 0 atom stereocenters. The summed E-state index contributed by atoms with van der Waals surface area (Å²) in [5.41, 5.74) is 2.59. The third-order valence-electron chi connectivity index (χ3n) is 7.32. The molecule has 9 nitrogen and oxygen atoms in total. The number of aromatic nitrogens is 4. The van der Waals surface area contributed by atoms with Crippen molar-refractivity contribution in [1.29, 1.82) is 0 Å². The van der Waals surface area contributed by atoms with Gasteiger partial charge in [-0.25, -0.2) is 9.67 Å². The van der Waals surface area contributed by atoms with E-state index in [0.29, 0.717) is 37.1 Å². The van der Waals surface area contributed by atoms with Gasteiger partial charge in [0, 0.05) is 19.6 Å². The third kappa shape index (κ3) is 5.02. The molecular weight excluding hydrogens is 470 g/mol. The van der Waals surface area contributed by atoms with Gasteiger partial charge in [-0.3, -0.25) is 14.3 Å². The van der Waals surface area contributed by atoms with Gasteiger partial charge in [0.15, 0.2) is 5.65 Å². The van der Waals surface area contributed by atoms with Gasteiger partial charge in [-0.2, -0.15) is 5.10 Å². The molecule has 0 amide bonds. The van der Waals surface area contributed by atoms with Gasteiger partial charge in [0.05, 0.1) is 37.2 Å². The van der Waals surface area contributed by atoms with Gasteiger partial charge in [0.25, 0.3) is 5.56 Å². The van der Waals surface area contributed by atoms with Crippen LogP contribution in [0.4, 0.5) is 0 Å². The Labute approximate surface area is 214 Å². The van der Waals surface area contributed by atoms with Crippen molar-refractivity contribution < 1.29 is 14.6 Å². The van der Waals surface area contributed by atoms with Crippen molar-refractivity contribution in [3.63, 3.8) is 0 Å². The molecular formula is C28H31N5O4. The smallest absolute Gasteiger partial charge is 0.264 e. The number of ether oxygens (including phenoxy) is 2. The van der Waals surface area contributed by atoms with Crippen LogP contribution in [0.25, 0.3) is 16.7 Å². The molecule has 4 heterocycles. The summed E-state index contributed by atoms with van der Waals surface area (Å²) in [5.74, 6) is 0.866. The van der Waals surface area contributed by atoms with Crippen molar-refractivity contribution >= 4 is 11.0 Å². The van der Waals surface area contributed by atoms with Crippen LogP contribution in [-0.4, -0.2) is 67.3 Å². The zero-order valence-electron chi connectivity index (χ0n) is 20.9. The number of benzene rings is 2. The summed E-state index contributed by atoms with van der Waals surface area (Å²) in [6, 6.07) is 16.1. The maximum Gasteiger partial charge on any atom is 0.264 e. The Bertz CT molecular complexity index is 1430. The van der Waals surface area contributed by atoms with Crippen LogP contribution in [-0.2, 0) is 17.8 Å². The molecule has 2 aliphatic rings. The number of likely N-dealkylation sites (tertiary alicyclic amines) is 1. The van der Waals surface area contributed by atoms with Gasteiger partial charge in [-0.05, 0) is 49.6 Å². The minimum absolute atomic E-state index is 0.165. The van der Waals surface area contributed by atoms with E-state index in [4.69, 9.17) is 9.47 Å². The molecule has 0 saturated carbocycles. The second kappa shape index (κ2) is 9.74. The first-order chi connectivity index (χ1) is 18.0. The zero-order chi connectivity index (χ0) is 25.4. The molecule has 0 bridgehead atoms. The van der Waals surface area contributed by atoms with Crippen molar-refractivity contribution in [3.05, 3.63) is 82.5 Å². The van der Waals surface area contributed by atoms with E-state index in [9.17, 15) is 9.90 Å². The van der Waals surface area contributed by atoms with Gasteiger partial charge >= 0.3 is 0 Å². The van der Waals surface area contributed by atoms with E-state index in [2.05, 4.69) is 27.1 Å². The van der Waals surface area contributed by atoms with Gasteiger partial charge in [0.1, 0.15) is 23.6 Å². The molecule has 4 aromatic rings. The predicted molar refractivity (Wildman–Crippen MR) is 139 cm³/mol. The summed E-state index contributed by atoms with van der Waals surface area (Å²) in [6.07, 6.45) is 4.43. The zero-order valence-corrected chi connectivity index (χ0v) is 20.9. The van der Waals surface area contributed by atoms with Crippen LogP contribution in [0, 0.1) is 6.92 Å². The average molecular weight is 502 g/mol. The van der Waals surface area contributed by atoms with Gasteiger partial charge in [-0.15, -0.1) is 0 Å². The highest BCUT2D eigenvalue weighted by atomic mass is 16.6. The number of fused-ring (bicyclic) bond motifs is 1. The Balaban J connectivity index is 1.09. The molecule has 2 saturated heterocycles. The number of hydrogen-bond acceptors (Lipinski definition) is 7. The molecule has 192 valence electrons. The lowest BCUT2D eigenvalue weighted by atomic mass is 9.91. The van der Waals surface area contributed by atoms with Crippen molar-refractivity contribution in [2.45, 2.75) is 44.6 Å². The lowest BCUT2D eigenvalue weighted by Crippen LogP contribution is -2.47. The number of hydrogen-bond donors (Lipinski definition) is 1. The fourth-order valence-electron chi connectivity index (χ4n) is 4.94. The first-order valence-corrected chi connectivity index (χ1v) is 12.7. The van der Waals surface area contributed by atoms with Gasteiger partial charge in [0.2, 0.25) is 0 Å². The minimum atomic E-state index is -0.953. The Kier molecular flexibility index (Phi) is 6.27. The van der Waals surface area contributed by atoms with E-state index < -0.39 is 5.60 Å². The maximum atomic E-state index is 13.2. The van der Waals surface area contributed by atoms with Crippen LogP contribution >= 0.6 is 0 Å². The normalized spacial score (nSPS) is 18.1. The largest absolute Gasteiger partial charge is 0.486 e. The Morgan fingerprint density at radius 3 is 2.49 bits per heavy atom. The highest BCUT2D eigenvalue weighted by Crippen LogP contribution is 2.26. The van der Waals surface area contributed by atoms with Crippen LogP contribution in [0.2, 0.25) is 0 Å². The van der Waals surface area contributed by atoms with Crippen LogP contribution in [0.1, 0.15) is 24.0 Å². The van der Waals surface area contributed by atoms with Crippen LogP contribution in [0.15, 0.2) is 65.8 Å². The quantitative estimate of drug-likeness (QED) is 0.416. The molecule has 37 heavy (non-hydrogen) atoms. The predicted octanol–water partition coefficient (Wildman–Crippen LogP) is 2.70. The number of aryl methyl sites for hydroxylation is 1. The van der Waals surface area contributed by atoms with Crippen molar-refractivity contribution in [2.24, 2.45) is 0 Å². The fourth-order valence-corrected chi connectivity index (χ4v) is 4.94. The molecule has 2 aliphatic heterocycles. The molecule has 2 aromatic carbocycles. The van der Waals surface area contributed by atoms with Gasteiger partial charge in [-0.1, -0.05) is 29.8 Å². The van der Waals surface area contributed by atoms with Crippen molar-refractivity contribution in [2.75, 3.05) is 26.3 Å². The second-order valence-electron chi connectivity index (χ2n) is 10.2. The fraction of sp³-hybridized carbons (Fsp3) is 0.393. The monoisotopic (exact) mass is 501 g/mol. The van der Waals surface area contributed by atoms with E-state index in [1.807, 2.05) is 43.3 Å². The summed E-state index contributed by atoms with van der Waals surface area (Å²) in [7, 11) is 0. The second-order valence-corrected chi connectivity index (χ2v) is 10.2. The molecule has 0 unspecified atom stereocenters. The van der Waals surface area contributed by atoms with Crippen molar-refractivity contribution in [1.82, 2.24) is 24.2 Å². The number of nitrogens with zero attached hydrogens (tertiary/aromatic N) is 5. The standard InChI is InChI=1S/C28H31N5O4/c1-20-2-6-22(7-3-20)33-26-25(14-30-33)27(34)32(19-29-26)18-28(35)10-12-31(13-11-28)15-21-4-8-23(9-5-21)37-24-16-36-17-24/h2-9,14,19,24,35H,10-13,15-18H2,1H3. The average Bonchev–Trinajstić information content (AvgIpc) is 3.31. The first-order valence-electron chi connectivity index (χ1n) is 12.7. The third-order valence-corrected chi connectivity index (χ3v) is 7.32. The summed E-state index contributed by atoms with van der Waals surface area (Å²) >= 11 is 0. The highest BCUT2D eigenvalue weighted by molar-refractivity contribution is 5.74. The summed E-state index contributed by atoms with van der Waals surface area (Å²) < 4.78 is 14.2. The lowest BCUT2D eigenvalue weighted by molar-refractivity contribution is -0.0796.